The van der Waals surface area contributed by atoms with Gasteiger partial charge in [0, 0.05) is 37.0 Å². The van der Waals surface area contributed by atoms with E-state index >= 15 is 0 Å². The number of piperidine rings is 1. The van der Waals surface area contributed by atoms with E-state index in [-0.39, 0.29) is 11.8 Å². The predicted molar refractivity (Wildman–Crippen MR) is 103 cm³/mol. The Morgan fingerprint density at radius 1 is 1.21 bits per heavy atom. The molecule has 4 rings (SSSR count). The summed E-state index contributed by atoms with van der Waals surface area (Å²) in [5.74, 6) is 2.34. The number of carbonyl (C=O) groups excluding carboxylic acids is 1. The smallest absolute Gasteiger partial charge is 0.258 e. The Labute approximate surface area is 163 Å². The molecule has 0 N–H and O–H groups in total. The van der Waals surface area contributed by atoms with E-state index in [1.54, 1.807) is 19.5 Å². The third kappa shape index (κ3) is 4.03. The Kier molecular flexibility index (Phi) is 5.32. The largest absolute Gasteiger partial charge is 0.497 e. The van der Waals surface area contributed by atoms with Crippen molar-refractivity contribution >= 4 is 5.91 Å². The van der Waals surface area contributed by atoms with Gasteiger partial charge >= 0.3 is 0 Å². The van der Waals surface area contributed by atoms with E-state index in [1.807, 2.05) is 41.3 Å². The van der Waals surface area contributed by atoms with Crippen LogP contribution in [0.25, 0.3) is 11.5 Å². The molecule has 1 aromatic carbocycles. The van der Waals surface area contributed by atoms with E-state index < -0.39 is 0 Å². The second-order valence-electron chi connectivity index (χ2n) is 6.88. The van der Waals surface area contributed by atoms with Crippen LogP contribution in [-0.2, 0) is 11.2 Å². The van der Waals surface area contributed by atoms with Crippen LogP contribution in [0, 0.1) is 0 Å². The quantitative estimate of drug-likeness (QED) is 0.679. The molecule has 7 heteroatoms. The standard InChI is InChI=1S/C21H22N4O3/c1-27-18-4-2-3-15(13-18)14-19(26)25-11-7-16(8-12-25)20-23-21(28-24-20)17-5-9-22-10-6-17/h2-6,9-10,13,16H,7-8,11-12,14H2,1H3. The molecule has 3 heterocycles. The number of likely N-dealkylation sites (tertiary alicyclic amines) is 1. The number of benzene rings is 1. The highest BCUT2D eigenvalue weighted by Crippen LogP contribution is 2.28. The van der Waals surface area contributed by atoms with E-state index in [2.05, 4.69) is 15.1 Å². The van der Waals surface area contributed by atoms with Crippen LogP contribution in [0.4, 0.5) is 0 Å². The molecule has 1 aliphatic heterocycles. The summed E-state index contributed by atoms with van der Waals surface area (Å²) in [5.41, 5.74) is 1.83. The van der Waals surface area contributed by atoms with E-state index in [1.165, 1.54) is 0 Å². The average Bonchev–Trinajstić information content (AvgIpc) is 3.25. The summed E-state index contributed by atoms with van der Waals surface area (Å²) in [5, 5.41) is 4.15. The Bertz CT molecular complexity index is 934. The molecule has 1 fully saturated rings. The molecule has 144 valence electrons. The van der Waals surface area contributed by atoms with Crippen LogP contribution in [0.5, 0.6) is 5.75 Å². The predicted octanol–water partition coefficient (Wildman–Crippen LogP) is 3.09. The normalized spacial score (nSPS) is 14.8. The lowest BCUT2D eigenvalue weighted by Gasteiger charge is -2.30. The summed E-state index contributed by atoms with van der Waals surface area (Å²) < 4.78 is 10.6. The second-order valence-corrected chi connectivity index (χ2v) is 6.88. The lowest BCUT2D eigenvalue weighted by Crippen LogP contribution is -2.39. The third-order valence-corrected chi connectivity index (χ3v) is 5.07. The van der Waals surface area contributed by atoms with Gasteiger partial charge in [0.1, 0.15) is 5.75 Å². The van der Waals surface area contributed by atoms with Gasteiger partial charge in [-0.05, 0) is 42.7 Å². The highest BCUT2D eigenvalue weighted by molar-refractivity contribution is 5.79. The van der Waals surface area contributed by atoms with Gasteiger partial charge in [-0.3, -0.25) is 9.78 Å². The summed E-state index contributed by atoms with van der Waals surface area (Å²) in [4.78, 5) is 23.1. The van der Waals surface area contributed by atoms with Crippen LogP contribution in [0.15, 0.2) is 53.3 Å². The molecule has 0 bridgehead atoms. The fourth-order valence-electron chi connectivity index (χ4n) is 3.47. The second kappa shape index (κ2) is 8.21. The van der Waals surface area contributed by atoms with E-state index in [0.717, 1.165) is 29.7 Å². The van der Waals surface area contributed by atoms with Crippen molar-refractivity contribution in [2.75, 3.05) is 20.2 Å². The van der Waals surface area contributed by atoms with Gasteiger partial charge in [0.25, 0.3) is 5.89 Å². The number of nitrogens with zero attached hydrogens (tertiary/aromatic N) is 4. The molecule has 0 aliphatic carbocycles. The summed E-state index contributed by atoms with van der Waals surface area (Å²) in [7, 11) is 1.63. The summed E-state index contributed by atoms with van der Waals surface area (Å²) >= 11 is 0. The number of hydrogen-bond acceptors (Lipinski definition) is 6. The number of methoxy groups -OCH3 is 1. The van der Waals surface area contributed by atoms with Crippen molar-refractivity contribution in [1.82, 2.24) is 20.0 Å². The fraction of sp³-hybridized carbons (Fsp3) is 0.333. The number of hydrogen-bond donors (Lipinski definition) is 0. The van der Waals surface area contributed by atoms with Crippen LogP contribution in [0.1, 0.15) is 30.1 Å². The molecule has 1 amide bonds. The molecule has 28 heavy (non-hydrogen) atoms. The van der Waals surface area contributed by atoms with Crippen LogP contribution in [-0.4, -0.2) is 46.1 Å². The van der Waals surface area contributed by atoms with Gasteiger partial charge in [-0.2, -0.15) is 4.98 Å². The van der Waals surface area contributed by atoms with Crippen molar-refractivity contribution in [3.63, 3.8) is 0 Å². The molecule has 0 atom stereocenters. The van der Waals surface area contributed by atoms with Gasteiger partial charge < -0.3 is 14.2 Å². The molecule has 1 aliphatic rings. The number of amides is 1. The lowest BCUT2D eigenvalue weighted by atomic mass is 9.95. The Hall–Kier alpha value is -3.22. The van der Waals surface area contributed by atoms with Crippen molar-refractivity contribution in [2.45, 2.75) is 25.2 Å². The number of ether oxygens (including phenoxy) is 1. The maximum atomic E-state index is 12.6. The Morgan fingerprint density at radius 3 is 2.75 bits per heavy atom. The third-order valence-electron chi connectivity index (χ3n) is 5.07. The zero-order chi connectivity index (χ0) is 19.3. The van der Waals surface area contributed by atoms with Crippen LogP contribution >= 0.6 is 0 Å². The Balaban J connectivity index is 1.34. The zero-order valence-corrected chi connectivity index (χ0v) is 15.7. The van der Waals surface area contributed by atoms with Crippen molar-refractivity contribution in [3.05, 3.63) is 60.2 Å². The molecular formula is C21H22N4O3. The SMILES string of the molecule is COc1cccc(CC(=O)N2CCC(c3noc(-c4ccncc4)n3)CC2)c1. The van der Waals surface area contributed by atoms with E-state index in [0.29, 0.717) is 31.2 Å². The van der Waals surface area contributed by atoms with Gasteiger partial charge in [0.05, 0.1) is 13.5 Å². The van der Waals surface area contributed by atoms with Crippen LogP contribution in [0.3, 0.4) is 0 Å². The first-order chi connectivity index (χ1) is 13.7. The minimum atomic E-state index is 0.136. The van der Waals surface area contributed by atoms with Gasteiger partial charge in [0.15, 0.2) is 5.82 Å². The highest BCUT2D eigenvalue weighted by Gasteiger charge is 2.27. The maximum Gasteiger partial charge on any atom is 0.258 e. The number of pyridine rings is 1. The monoisotopic (exact) mass is 378 g/mol. The van der Waals surface area contributed by atoms with Gasteiger partial charge in [-0.25, -0.2) is 0 Å². The summed E-state index contributed by atoms with van der Waals surface area (Å²) in [6.45, 7) is 1.40. The van der Waals surface area contributed by atoms with Crippen molar-refractivity contribution < 1.29 is 14.1 Å². The molecule has 3 aromatic rings. The number of aromatic nitrogens is 3. The molecule has 0 unspecified atom stereocenters. The van der Waals surface area contributed by atoms with Crippen molar-refractivity contribution in [2.24, 2.45) is 0 Å². The molecule has 2 aromatic heterocycles. The topological polar surface area (TPSA) is 81.4 Å². The first-order valence-electron chi connectivity index (χ1n) is 9.37. The fourth-order valence-corrected chi connectivity index (χ4v) is 3.47. The number of rotatable bonds is 5. The maximum absolute atomic E-state index is 12.6. The summed E-state index contributed by atoms with van der Waals surface area (Å²) in [6, 6.07) is 11.3. The minimum Gasteiger partial charge on any atom is -0.497 e. The molecule has 0 radical (unpaired) electrons. The molecule has 7 nitrogen and oxygen atoms in total. The van der Waals surface area contributed by atoms with Gasteiger partial charge in [-0.15, -0.1) is 0 Å². The molecule has 0 saturated carbocycles. The molecule has 0 spiro atoms. The molecular weight excluding hydrogens is 356 g/mol. The van der Waals surface area contributed by atoms with Crippen LogP contribution < -0.4 is 4.74 Å². The lowest BCUT2D eigenvalue weighted by molar-refractivity contribution is -0.131. The van der Waals surface area contributed by atoms with E-state index in [9.17, 15) is 4.79 Å². The van der Waals surface area contributed by atoms with Crippen molar-refractivity contribution in [3.8, 4) is 17.2 Å². The van der Waals surface area contributed by atoms with E-state index in [4.69, 9.17) is 9.26 Å². The van der Waals surface area contributed by atoms with Crippen LogP contribution in [0.2, 0.25) is 0 Å². The minimum absolute atomic E-state index is 0.136. The molecule has 1 saturated heterocycles. The zero-order valence-electron chi connectivity index (χ0n) is 15.7. The summed E-state index contributed by atoms with van der Waals surface area (Å²) in [6.07, 6.45) is 5.45. The first kappa shape index (κ1) is 18.2. The Morgan fingerprint density at radius 2 is 2.00 bits per heavy atom. The van der Waals surface area contributed by atoms with Gasteiger partial charge in [-0.1, -0.05) is 17.3 Å². The average molecular weight is 378 g/mol. The highest BCUT2D eigenvalue weighted by atomic mass is 16.5. The van der Waals surface area contributed by atoms with Crippen molar-refractivity contribution in [1.29, 1.82) is 0 Å². The van der Waals surface area contributed by atoms with Gasteiger partial charge in [0.2, 0.25) is 5.91 Å². The first-order valence-corrected chi connectivity index (χ1v) is 9.37. The number of carbonyl (C=O) groups is 1.